The normalized spacial score (nSPS) is 13.9. The molecule has 136 valence electrons. The van der Waals surface area contributed by atoms with Crippen molar-refractivity contribution in [3.63, 3.8) is 0 Å². The number of nitrogens with zero attached hydrogens (tertiary/aromatic N) is 2. The first-order chi connectivity index (χ1) is 13.2. The minimum atomic E-state index is -0.179. The average molecular weight is 360 g/mol. The van der Waals surface area contributed by atoms with E-state index >= 15 is 0 Å². The third-order valence-electron chi connectivity index (χ3n) is 5.53. The van der Waals surface area contributed by atoms with E-state index in [4.69, 9.17) is 4.52 Å². The Hall–Kier alpha value is -2.88. The zero-order valence-corrected chi connectivity index (χ0v) is 15.3. The van der Waals surface area contributed by atoms with Gasteiger partial charge in [-0.3, -0.25) is 0 Å². The molecule has 0 fully saturated rings. The summed E-state index contributed by atoms with van der Waals surface area (Å²) in [5.41, 5.74) is 7.00. The molecule has 27 heavy (non-hydrogen) atoms. The summed E-state index contributed by atoms with van der Waals surface area (Å²) in [6.07, 6.45) is 4.61. The van der Waals surface area contributed by atoms with Crippen molar-refractivity contribution in [1.82, 2.24) is 9.72 Å². The fourth-order valence-electron chi connectivity index (χ4n) is 4.30. The van der Waals surface area contributed by atoms with Crippen molar-refractivity contribution in [3.8, 4) is 11.3 Å². The minimum absolute atomic E-state index is 0.179. The van der Waals surface area contributed by atoms with Crippen LogP contribution < -0.4 is 0 Å². The van der Waals surface area contributed by atoms with Crippen molar-refractivity contribution in [1.29, 1.82) is 0 Å². The van der Waals surface area contributed by atoms with E-state index in [0.29, 0.717) is 6.54 Å². The molecule has 1 aliphatic carbocycles. The summed E-state index contributed by atoms with van der Waals surface area (Å²) in [4.78, 5) is 0. The van der Waals surface area contributed by atoms with E-state index in [1.165, 1.54) is 41.1 Å². The summed E-state index contributed by atoms with van der Waals surface area (Å²) < 4.78 is 21.3. The molecule has 0 saturated carbocycles. The standard InChI is InChI=1S/C23H21FN2O/c1-15-11-21(25-27-15)17-9-10-23-20(13-17)19-7-2-3-8-22(19)26(23)14-16-5-4-6-18(24)12-16/h4-6,9-13H,2-3,7-8,14H2,1H3. The number of aromatic nitrogens is 2. The first-order valence-electron chi connectivity index (χ1n) is 9.51. The molecule has 0 unspecified atom stereocenters. The summed E-state index contributed by atoms with van der Waals surface area (Å²) in [6, 6.07) is 15.4. The van der Waals surface area contributed by atoms with E-state index in [0.717, 1.165) is 35.4 Å². The molecule has 2 heterocycles. The highest BCUT2D eigenvalue weighted by Crippen LogP contribution is 2.35. The number of halogens is 1. The summed E-state index contributed by atoms with van der Waals surface area (Å²) in [5.74, 6) is 0.636. The van der Waals surface area contributed by atoms with Gasteiger partial charge in [0.2, 0.25) is 0 Å². The monoisotopic (exact) mass is 360 g/mol. The second-order valence-electron chi connectivity index (χ2n) is 7.40. The third-order valence-corrected chi connectivity index (χ3v) is 5.53. The molecule has 5 rings (SSSR count). The van der Waals surface area contributed by atoms with Gasteiger partial charge in [0.25, 0.3) is 0 Å². The third kappa shape index (κ3) is 2.85. The molecule has 4 heteroatoms. The van der Waals surface area contributed by atoms with Gasteiger partial charge in [-0.25, -0.2) is 4.39 Å². The van der Waals surface area contributed by atoms with Gasteiger partial charge in [-0.1, -0.05) is 23.4 Å². The van der Waals surface area contributed by atoms with Crippen LogP contribution in [0.15, 0.2) is 53.1 Å². The number of aryl methyl sites for hydroxylation is 2. The van der Waals surface area contributed by atoms with Crippen LogP contribution in [0.5, 0.6) is 0 Å². The number of hydrogen-bond acceptors (Lipinski definition) is 2. The summed E-state index contributed by atoms with van der Waals surface area (Å²) in [5, 5.41) is 5.46. The van der Waals surface area contributed by atoms with Crippen LogP contribution in [0.2, 0.25) is 0 Å². The molecule has 0 amide bonds. The van der Waals surface area contributed by atoms with Gasteiger partial charge >= 0.3 is 0 Å². The lowest BCUT2D eigenvalue weighted by Gasteiger charge is -2.16. The fourth-order valence-corrected chi connectivity index (χ4v) is 4.30. The van der Waals surface area contributed by atoms with Gasteiger partial charge < -0.3 is 9.09 Å². The molecule has 1 aliphatic rings. The Bertz CT molecular complexity index is 1140. The van der Waals surface area contributed by atoms with Gasteiger partial charge in [0.05, 0.1) is 0 Å². The van der Waals surface area contributed by atoms with Crippen molar-refractivity contribution >= 4 is 10.9 Å². The average Bonchev–Trinajstić information content (AvgIpc) is 3.24. The molecule has 2 aromatic heterocycles. The smallest absolute Gasteiger partial charge is 0.134 e. The Balaban J connectivity index is 1.66. The van der Waals surface area contributed by atoms with Crippen LogP contribution in [0.25, 0.3) is 22.2 Å². The van der Waals surface area contributed by atoms with E-state index in [9.17, 15) is 4.39 Å². The Morgan fingerprint density at radius 2 is 1.96 bits per heavy atom. The summed E-state index contributed by atoms with van der Waals surface area (Å²) >= 11 is 0. The largest absolute Gasteiger partial charge is 0.361 e. The number of rotatable bonds is 3. The highest BCUT2D eigenvalue weighted by Gasteiger charge is 2.21. The van der Waals surface area contributed by atoms with Gasteiger partial charge in [-0.2, -0.15) is 0 Å². The van der Waals surface area contributed by atoms with Crippen molar-refractivity contribution in [2.45, 2.75) is 39.2 Å². The first-order valence-corrected chi connectivity index (χ1v) is 9.51. The van der Waals surface area contributed by atoms with Crippen LogP contribution >= 0.6 is 0 Å². The van der Waals surface area contributed by atoms with E-state index in [1.54, 1.807) is 12.1 Å². The van der Waals surface area contributed by atoms with Crippen molar-refractivity contribution in [3.05, 3.63) is 76.9 Å². The Labute approximate surface area is 157 Å². The zero-order chi connectivity index (χ0) is 18.4. The predicted octanol–water partition coefficient (Wildman–Crippen LogP) is 5.67. The maximum atomic E-state index is 13.7. The van der Waals surface area contributed by atoms with Crippen LogP contribution in [0.1, 0.15) is 35.4 Å². The van der Waals surface area contributed by atoms with Crippen LogP contribution in [-0.2, 0) is 19.4 Å². The Kier molecular flexibility index (Phi) is 3.85. The highest BCUT2D eigenvalue weighted by atomic mass is 19.1. The Morgan fingerprint density at radius 3 is 2.78 bits per heavy atom. The molecule has 0 aliphatic heterocycles. The van der Waals surface area contributed by atoms with Gasteiger partial charge in [-0.05, 0) is 68.0 Å². The van der Waals surface area contributed by atoms with Gasteiger partial charge in [0, 0.05) is 34.8 Å². The fraction of sp³-hybridized carbons (Fsp3) is 0.261. The maximum absolute atomic E-state index is 13.7. The van der Waals surface area contributed by atoms with Gasteiger partial charge in [-0.15, -0.1) is 0 Å². The van der Waals surface area contributed by atoms with E-state index in [1.807, 2.05) is 19.1 Å². The van der Waals surface area contributed by atoms with E-state index in [-0.39, 0.29) is 5.82 Å². The molecule has 2 aromatic carbocycles. The SMILES string of the molecule is Cc1cc(-c2ccc3c(c2)c2c(n3Cc3cccc(F)c3)CCCC2)no1. The van der Waals surface area contributed by atoms with Crippen molar-refractivity contribution in [2.24, 2.45) is 0 Å². The molecule has 0 atom stereocenters. The molecular formula is C23H21FN2O. The topological polar surface area (TPSA) is 31.0 Å². The van der Waals surface area contributed by atoms with Gasteiger partial charge in [0.15, 0.2) is 0 Å². The number of hydrogen-bond donors (Lipinski definition) is 0. The molecular weight excluding hydrogens is 339 g/mol. The van der Waals surface area contributed by atoms with Crippen molar-refractivity contribution in [2.75, 3.05) is 0 Å². The van der Waals surface area contributed by atoms with E-state index < -0.39 is 0 Å². The minimum Gasteiger partial charge on any atom is -0.361 e. The Morgan fingerprint density at radius 1 is 1.07 bits per heavy atom. The zero-order valence-electron chi connectivity index (χ0n) is 15.3. The van der Waals surface area contributed by atoms with Crippen molar-refractivity contribution < 1.29 is 8.91 Å². The molecule has 0 saturated heterocycles. The highest BCUT2D eigenvalue weighted by molar-refractivity contribution is 5.89. The molecule has 3 nitrogen and oxygen atoms in total. The lowest BCUT2D eigenvalue weighted by atomic mass is 9.95. The van der Waals surface area contributed by atoms with Crippen LogP contribution in [0.4, 0.5) is 4.39 Å². The number of fused-ring (bicyclic) bond motifs is 3. The first kappa shape index (κ1) is 16.3. The van der Waals surface area contributed by atoms with Crippen LogP contribution in [-0.4, -0.2) is 9.72 Å². The van der Waals surface area contributed by atoms with Crippen LogP contribution in [0.3, 0.4) is 0 Å². The second-order valence-corrected chi connectivity index (χ2v) is 7.40. The predicted molar refractivity (Wildman–Crippen MR) is 104 cm³/mol. The number of benzene rings is 2. The van der Waals surface area contributed by atoms with E-state index in [2.05, 4.69) is 27.9 Å². The lowest BCUT2D eigenvalue weighted by molar-refractivity contribution is 0.399. The van der Waals surface area contributed by atoms with Crippen LogP contribution in [0, 0.1) is 12.7 Å². The van der Waals surface area contributed by atoms with Gasteiger partial charge in [0.1, 0.15) is 17.3 Å². The summed E-state index contributed by atoms with van der Waals surface area (Å²) in [6.45, 7) is 2.61. The molecule has 0 bridgehead atoms. The maximum Gasteiger partial charge on any atom is 0.134 e. The lowest BCUT2D eigenvalue weighted by Crippen LogP contribution is -2.09. The second kappa shape index (κ2) is 6.38. The molecule has 0 spiro atoms. The quantitative estimate of drug-likeness (QED) is 0.471. The molecule has 0 N–H and O–H groups in total. The molecule has 4 aromatic rings. The molecule has 0 radical (unpaired) electrons. The summed E-state index contributed by atoms with van der Waals surface area (Å²) in [7, 11) is 0.